The molecule has 1 nitrogen and oxygen atoms in total. The number of rotatable bonds is 2. The van der Waals surface area contributed by atoms with Gasteiger partial charge in [-0.2, -0.15) is 0 Å². The van der Waals surface area contributed by atoms with Crippen molar-refractivity contribution < 1.29 is 4.74 Å². The summed E-state index contributed by atoms with van der Waals surface area (Å²) in [6.45, 7) is 2.71. The lowest BCUT2D eigenvalue weighted by molar-refractivity contribution is 0.341. The maximum atomic E-state index is 5.37. The Kier molecular flexibility index (Phi) is 2.00. The van der Waals surface area contributed by atoms with Crippen molar-refractivity contribution in [1.82, 2.24) is 0 Å². The fourth-order valence-electron chi connectivity index (χ4n) is 1.14. The minimum atomic E-state index is 0.718. The molecule has 61 valence electrons. The van der Waals surface area contributed by atoms with Crippen LogP contribution in [0.15, 0.2) is 23.6 Å². The van der Waals surface area contributed by atoms with Crippen LogP contribution in [-0.2, 0) is 0 Å². The van der Waals surface area contributed by atoms with Crippen molar-refractivity contribution in [3.05, 3.63) is 29.6 Å². The second kappa shape index (κ2) is 3.15. The molecule has 12 heavy (non-hydrogen) atoms. The molecule has 0 aliphatic carbocycles. The van der Waals surface area contributed by atoms with Crippen LogP contribution in [0.3, 0.4) is 0 Å². The third-order valence-corrected chi connectivity index (χ3v) is 2.51. The highest BCUT2D eigenvalue weighted by atomic mass is 32.1. The summed E-state index contributed by atoms with van der Waals surface area (Å²) in [7, 11) is 0. The van der Waals surface area contributed by atoms with E-state index < -0.39 is 0 Å². The van der Waals surface area contributed by atoms with Gasteiger partial charge in [0.15, 0.2) is 0 Å². The molecular weight excluding hydrogens is 168 g/mol. The number of thiophene rings is 1. The van der Waals surface area contributed by atoms with E-state index in [2.05, 4.69) is 12.1 Å². The Balaban J connectivity index is 2.46. The number of benzene rings is 1. The average molecular weight is 177 g/mol. The Morgan fingerprint density at radius 2 is 2.42 bits per heavy atom. The van der Waals surface area contributed by atoms with E-state index in [1.54, 1.807) is 11.3 Å². The highest BCUT2D eigenvalue weighted by Gasteiger charge is 1.96. The number of fused-ring (bicyclic) bond motifs is 1. The summed E-state index contributed by atoms with van der Waals surface area (Å²) >= 11 is 1.70. The summed E-state index contributed by atoms with van der Waals surface area (Å²) in [5.74, 6) is 0.930. The first-order valence-corrected chi connectivity index (χ1v) is 4.80. The predicted molar refractivity (Wildman–Crippen MR) is 51.8 cm³/mol. The maximum Gasteiger partial charge on any atom is 0.119 e. The van der Waals surface area contributed by atoms with Gasteiger partial charge in [0, 0.05) is 16.2 Å². The Hall–Kier alpha value is -1.02. The van der Waals surface area contributed by atoms with Gasteiger partial charge in [-0.05, 0) is 30.5 Å². The molecule has 0 atom stereocenters. The first-order valence-electron chi connectivity index (χ1n) is 3.92. The average Bonchev–Trinajstić information content (AvgIpc) is 2.51. The van der Waals surface area contributed by atoms with E-state index in [4.69, 9.17) is 4.74 Å². The summed E-state index contributed by atoms with van der Waals surface area (Å²) in [5.41, 5.74) is 0. The molecule has 0 bridgehead atoms. The van der Waals surface area contributed by atoms with Crippen LogP contribution in [0.2, 0.25) is 0 Å². The molecule has 2 heteroatoms. The lowest BCUT2D eigenvalue weighted by atomic mass is 10.2. The predicted octanol–water partition coefficient (Wildman–Crippen LogP) is 3.10. The van der Waals surface area contributed by atoms with Gasteiger partial charge in [0.25, 0.3) is 0 Å². The molecule has 2 aromatic rings. The van der Waals surface area contributed by atoms with Gasteiger partial charge < -0.3 is 4.74 Å². The van der Waals surface area contributed by atoms with Crippen LogP contribution in [0.1, 0.15) is 6.92 Å². The van der Waals surface area contributed by atoms with Crippen LogP contribution in [-0.4, -0.2) is 6.61 Å². The van der Waals surface area contributed by atoms with Gasteiger partial charge in [-0.15, -0.1) is 11.3 Å². The van der Waals surface area contributed by atoms with E-state index >= 15 is 0 Å². The van der Waals surface area contributed by atoms with Crippen molar-refractivity contribution in [2.45, 2.75) is 6.92 Å². The highest BCUT2D eigenvalue weighted by Crippen LogP contribution is 2.24. The Morgan fingerprint density at radius 1 is 1.50 bits per heavy atom. The summed E-state index contributed by atoms with van der Waals surface area (Å²) in [6.07, 6.45) is 0. The zero-order valence-electron chi connectivity index (χ0n) is 6.83. The zero-order chi connectivity index (χ0) is 8.39. The number of hydrogen-bond acceptors (Lipinski definition) is 2. The van der Waals surface area contributed by atoms with Crippen molar-refractivity contribution in [1.29, 1.82) is 0 Å². The van der Waals surface area contributed by atoms with Crippen LogP contribution >= 0.6 is 11.3 Å². The smallest absolute Gasteiger partial charge is 0.119 e. The van der Waals surface area contributed by atoms with Gasteiger partial charge in [-0.25, -0.2) is 0 Å². The monoisotopic (exact) mass is 177 g/mol. The zero-order valence-corrected chi connectivity index (χ0v) is 7.65. The molecule has 1 aromatic carbocycles. The van der Waals surface area contributed by atoms with Crippen molar-refractivity contribution in [2.24, 2.45) is 0 Å². The van der Waals surface area contributed by atoms with E-state index in [0.29, 0.717) is 0 Å². The van der Waals surface area contributed by atoms with Crippen molar-refractivity contribution in [3.8, 4) is 5.75 Å². The first kappa shape index (κ1) is 7.62. The maximum absolute atomic E-state index is 5.37. The van der Waals surface area contributed by atoms with Crippen molar-refractivity contribution in [2.75, 3.05) is 6.61 Å². The molecule has 0 N–H and O–H groups in total. The van der Waals surface area contributed by atoms with E-state index in [0.717, 1.165) is 17.7 Å². The molecule has 0 unspecified atom stereocenters. The molecule has 0 saturated heterocycles. The first-order chi connectivity index (χ1) is 5.90. The highest BCUT2D eigenvalue weighted by molar-refractivity contribution is 7.17. The van der Waals surface area contributed by atoms with Crippen molar-refractivity contribution >= 4 is 21.4 Å². The van der Waals surface area contributed by atoms with Crippen LogP contribution in [0.25, 0.3) is 10.1 Å². The van der Waals surface area contributed by atoms with Gasteiger partial charge in [-0.3, -0.25) is 0 Å². The second-order valence-electron chi connectivity index (χ2n) is 2.47. The largest absolute Gasteiger partial charge is 0.494 e. The van der Waals surface area contributed by atoms with Gasteiger partial charge in [0.05, 0.1) is 6.61 Å². The summed E-state index contributed by atoms with van der Waals surface area (Å²) in [6, 6.07) is 9.25. The fourth-order valence-corrected chi connectivity index (χ4v) is 1.84. The molecule has 0 spiro atoms. The number of ether oxygens (including phenoxy) is 1. The summed E-state index contributed by atoms with van der Waals surface area (Å²) < 4.78 is 6.63. The van der Waals surface area contributed by atoms with E-state index in [-0.39, 0.29) is 0 Å². The minimum absolute atomic E-state index is 0.718. The third kappa shape index (κ3) is 1.30. The molecular formula is C10H9OS. The quantitative estimate of drug-likeness (QED) is 0.685. The molecule has 0 fully saturated rings. The van der Waals surface area contributed by atoms with E-state index in [1.165, 1.54) is 4.70 Å². The molecule has 1 heterocycles. The standard InChI is InChI=1S/C10H9OS/c1-2-11-9-3-4-10-8(7-9)5-6-12-10/h3-4,6-7H,2H2,1H3. The van der Waals surface area contributed by atoms with Crippen LogP contribution in [0, 0.1) is 6.07 Å². The molecule has 0 amide bonds. The summed E-state index contributed by atoms with van der Waals surface area (Å²) in [5, 5.41) is 3.12. The molecule has 0 aliphatic rings. The van der Waals surface area contributed by atoms with Gasteiger partial charge in [0.1, 0.15) is 5.75 Å². The molecule has 0 aliphatic heterocycles. The molecule has 2 rings (SSSR count). The number of hydrogen-bond donors (Lipinski definition) is 0. The molecule has 0 saturated carbocycles. The summed E-state index contributed by atoms with van der Waals surface area (Å²) in [4.78, 5) is 0. The molecule has 1 aromatic heterocycles. The minimum Gasteiger partial charge on any atom is -0.494 e. The second-order valence-corrected chi connectivity index (χ2v) is 3.38. The van der Waals surface area contributed by atoms with Crippen molar-refractivity contribution in [3.63, 3.8) is 0 Å². The lowest BCUT2D eigenvalue weighted by Crippen LogP contribution is -1.89. The SMILES string of the molecule is CCOc1ccc2sc[c]c2c1. The Morgan fingerprint density at radius 3 is 3.25 bits per heavy atom. The Bertz CT molecular complexity index is 378. The third-order valence-electron chi connectivity index (χ3n) is 1.66. The van der Waals surface area contributed by atoms with Gasteiger partial charge in [-0.1, -0.05) is 0 Å². The van der Waals surface area contributed by atoms with Crippen LogP contribution < -0.4 is 4.74 Å². The normalized spacial score (nSPS) is 10.4. The van der Waals surface area contributed by atoms with E-state index in [9.17, 15) is 0 Å². The molecule has 1 radical (unpaired) electrons. The topological polar surface area (TPSA) is 9.23 Å². The van der Waals surface area contributed by atoms with Gasteiger partial charge in [0.2, 0.25) is 0 Å². The van der Waals surface area contributed by atoms with Crippen LogP contribution in [0.4, 0.5) is 0 Å². The van der Waals surface area contributed by atoms with Gasteiger partial charge >= 0.3 is 0 Å². The van der Waals surface area contributed by atoms with E-state index in [1.807, 2.05) is 24.4 Å². The van der Waals surface area contributed by atoms with Crippen LogP contribution in [0.5, 0.6) is 5.75 Å². The fraction of sp³-hybridized carbons (Fsp3) is 0.200. The Labute approximate surface area is 75.6 Å². The lowest BCUT2D eigenvalue weighted by Gasteiger charge is -2.01.